The van der Waals surface area contributed by atoms with Crippen molar-refractivity contribution in [3.63, 3.8) is 0 Å². The number of carbonyl (C=O) groups excluding carboxylic acids is 1. The molecule has 2 aromatic heterocycles. The molecule has 120 valence electrons. The van der Waals surface area contributed by atoms with Gasteiger partial charge in [-0.2, -0.15) is 4.98 Å². The van der Waals surface area contributed by atoms with Crippen molar-refractivity contribution in [1.82, 2.24) is 24.8 Å². The van der Waals surface area contributed by atoms with E-state index >= 15 is 0 Å². The number of ether oxygens (including phenoxy) is 1. The number of piperazine rings is 1. The predicted molar refractivity (Wildman–Crippen MR) is 83.5 cm³/mol. The fourth-order valence-corrected chi connectivity index (χ4v) is 2.48. The van der Waals surface area contributed by atoms with Crippen molar-refractivity contribution in [1.29, 1.82) is 0 Å². The number of aryl methyl sites for hydroxylation is 1. The van der Waals surface area contributed by atoms with Crippen molar-refractivity contribution >= 4 is 11.9 Å². The molecule has 23 heavy (non-hydrogen) atoms. The van der Waals surface area contributed by atoms with Crippen LogP contribution in [0.1, 0.15) is 16.1 Å². The topological polar surface area (TPSA) is 84.3 Å². The number of rotatable bonds is 3. The molecule has 1 fully saturated rings. The lowest BCUT2D eigenvalue weighted by Crippen LogP contribution is -2.49. The highest BCUT2D eigenvalue weighted by Crippen LogP contribution is 2.16. The third-order valence-electron chi connectivity index (χ3n) is 3.82. The number of amides is 1. The molecule has 0 aliphatic carbocycles. The van der Waals surface area contributed by atoms with Gasteiger partial charge in [0.05, 0.1) is 18.4 Å². The van der Waals surface area contributed by atoms with Crippen molar-refractivity contribution in [3.8, 4) is 5.88 Å². The van der Waals surface area contributed by atoms with Crippen molar-refractivity contribution in [3.05, 3.63) is 36.0 Å². The van der Waals surface area contributed by atoms with Crippen LogP contribution in [-0.2, 0) is 0 Å². The van der Waals surface area contributed by atoms with Crippen LogP contribution in [0.25, 0.3) is 0 Å². The lowest BCUT2D eigenvalue weighted by Gasteiger charge is -2.34. The first-order chi connectivity index (χ1) is 11.2. The predicted octanol–water partition coefficient (Wildman–Crippen LogP) is 0.546. The second kappa shape index (κ2) is 6.55. The minimum absolute atomic E-state index is 0.0330. The molecule has 0 unspecified atom stereocenters. The minimum atomic E-state index is -0.0330. The summed E-state index contributed by atoms with van der Waals surface area (Å²) >= 11 is 0. The van der Waals surface area contributed by atoms with Gasteiger partial charge >= 0.3 is 0 Å². The van der Waals surface area contributed by atoms with Crippen LogP contribution in [0.2, 0.25) is 0 Å². The highest BCUT2D eigenvalue weighted by Gasteiger charge is 2.24. The van der Waals surface area contributed by atoms with E-state index in [2.05, 4.69) is 19.9 Å². The molecule has 3 heterocycles. The first kappa shape index (κ1) is 15.1. The quantitative estimate of drug-likeness (QED) is 0.817. The van der Waals surface area contributed by atoms with Crippen molar-refractivity contribution in [2.45, 2.75) is 6.92 Å². The van der Waals surface area contributed by atoms with Gasteiger partial charge < -0.3 is 14.5 Å². The first-order valence-electron chi connectivity index (χ1n) is 7.37. The second-order valence-corrected chi connectivity index (χ2v) is 5.20. The Balaban J connectivity index is 1.66. The Morgan fingerprint density at radius 2 is 2.00 bits per heavy atom. The third-order valence-corrected chi connectivity index (χ3v) is 3.82. The van der Waals surface area contributed by atoms with E-state index in [4.69, 9.17) is 4.74 Å². The van der Waals surface area contributed by atoms with E-state index in [9.17, 15) is 4.79 Å². The molecule has 0 N–H and O–H groups in total. The average Bonchev–Trinajstić information content (AvgIpc) is 2.62. The summed E-state index contributed by atoms with van der Waals surface area (Å²) in [5.41, 5.74) is 1.25. The van der Waals surface area contributed by atoms with Crippen LogP contribution in [0.5, 0.6) is 5.88 Å². The number of aromatic nitrogens is 4. The van der Waals surface area contributed by atoms with Gasteiger partial charge in [-0.1, -0.05) is 0 Å². The zero-order valence-corrected chi connectivity index (χ0v) is 13.1. The van der Waals surface area contributed by atoms with Gasteiger partial charge in [0, 0.05) is 44.6 Å². The van der Waals surface area contributed by atoms with E-state index in [1.54, 1.807) is 25.6 Å². The molecule has 1 amide bonds. The Morgan fingerprint density at radius 3 is 2.70 bits per heavy atom. The van der Waals surface area contributed by atoms with E-state index in [-0.39, 0.29) is 5.91 Å². The largest absolute Gasteiger partial charge is 0.481 e. The number of hydrogen-bond donors (Lipinski definition) is 0. The molecule has 0 aromatic carbocycles. The zero-order valence-electron chi connectivity index (χ0n) is 13.1. The van der Waals surface area contributed by atoms with Crippen molar-refractivity contribution in [2.75, 3.05) is 38.2 Å². The van der Waals surface area contributed by atoms with Gasteiger partial charge in [-0.15, -0.1) is 0 Å². The Bertz CT molecular complexity index is 700. The number of nitrogens with zero attached hydrogens (tertiary/aromatic N) is 6. The fraction of sp³-hybridized carbons (Fsp3) is 0.400. The maximum atomic E-state index is 12.5. The Morgan fingerprint density at radius 1 is 1.22 bits per heavy atom. The monoisotopic (exact) mass is 314 g/mol. The van der Waals surface area contributed by atoms with E-state index < -0.39 is 0 Å². The third kappa shape index (κ3) is 3.20. The molecule has 0 atom stereocenters. The van der Waals surface area contributed by atoms with Crippen LogP contribution >= 0.6 is 0 Å². The SMILES string of the molecule is COc1ccnc(N2CCN(C(=O)c3cncnc3C)CC2)n1. The van der Waals surface area contributed by atoms with Gasteiger partial charge in [0.15, 0.2) is 0 Å². The molecule has 1 aliphatic rings. The van der Waals surface area contributed by atoms with E-state index in [0.717, 1.165) is 0 Å². The normalized spacial score (nSPS) is 14.7. The summed E-state index contributed by atoms with van der Waals surface area (Å²) in [6.07, 6.45) is 4.69. The Hall–Kier alpha value is -2.77. The van der Waals surface area contributed by atoms with Gasteiger partial charge in [-0.05, 0) is 6.92 Å². The summed E-state index contributed by atoms with van der Waals surface area (Å²) in [7, 11) is 1.58. The molecule has 1 aliphatic heterocycles. The maximum absolute atomic E-state index is 12.5. The second-order valence-electron chi connectivity index (χ2n) is 5.20. The van der Waals surface area contributed by atoms with Crippen LogP contribution in [-0.4, -0.2) is 64.0 Å². The lowest BCUT2D eigenvalue weighted by atomic mass is 10.2. The molecule has 0 bridgehead atoms. The molecule has 0 saturated carbocycles. The number of anilines is 1. The molecule has 8 nitrogen and oxygen atoms in total. The van der Waals surface area contributed by atoms with Crippen LogP contribution in [0.3, 0.4) is 0 Å². The summed E-state index contributed by atoms with van der Waals surface area (Å²) in [4.78, 5) is 33.0. The molecular formula is C15H18N6O2. The lowest BCUT2D eigenvalue weighted by molar-refractivity contribution is 0.0744. The van der Waals surface area contributed by atoms with E-state index in [0.29, 0.717) is 49.3 Å². The van der Waals surface area contributed by atoms with Crippen LogP contribution in [0.4, 0.5) is 5.95 Å². The molecular weight excluding hydrogens is 296 g/mol. The molecule has 3 rings (SSSR count). The maximum Gasteiger partial charge on any atom is 0.257 e. The summed E-state index contributed by atoms with van der Waals surface area (Å²) in [6.45, 7) is 4.37. The molecule has 0 radical (unpaired) electrons. The fourth-order valence-electron chi connectivity index (χ4n) is 2.48. The zero-order chi connectivity index (χ0) is 16.2. The summed E-state index contributed by atoms with van der Waals surface area (Å²) < 4.78 is 5.12. The summed E-state index contributed by atoms with van der Waals surface area (Å²) in [6, 6.07) is 1.71. The molecule has 0 spiro atoms. The number of carbonyl (C=O) groups is 1. The van der Waals surface area contributed by atoms with Crippen LogP contribution < -0.4 is 9.64 Å². The van der Waals surface area contributed by atoms with Gasteiger partial charge in [-0.25, -0.2) is 15.0 Å². The van der Waals surface area contributed by atoms with Crippen molar-refractivity contribution < 1.29 is 9.53 Å². The molecule has 2 aromatic rings. The van der Waals surface area contributed by atoms with E-state index in [1.165, 1.54) is 6.33 Å². The highest BCUT2D eigenvalue weighted by atomic mass is 16.5. The van der Waals surface area contributed by atoms with E-state index in [1.807, 2.05) is 16.7 Å². The van der Waals surface area contributed by atoms with Crippen LogP contribution in [0.15, 0.2) is 24.8 Å². The van der Waals surface area contributed by atoms with Gasteiger partial charge in [0.2, 0.25) is 11.8 Å². The first-order valence-corrected chi connectivity index (χ1v) is 7.37. The standard InChI is InChI=1S/C15H18N6O2/c1-11-12(9-16-10-18-11)14(22)20-5-7-21(8-6-20)15-17-4-3-13(19-15)23-2/h3-4,9-10H,5-8H2,1-2H3. The molecule has 1 saturated heterocycles. The van der Waals surface area contributed by atoms with Gasteiger partial charge in [0.25, 0.3) is 5.91 Å². The smallest absolute Gasteiger partial charge is 0.257 e. The van der Waals surface area contributed by atoms with Gasteiger partial charge in [0.1, 0.15) is 6.33 Å². The average molecular weight is 314 g/mol. The van der Waals surface area contributed by atoms with Crippen molar-refractivity contribution in [2.24, 2.45) is 0 Å². The van der Waals surface area contributed by atoms with Crippen LogP contribution in [0, 0.1) is 6.92 Å². The Labute approximate surface area is 134 Å². The summed E-state index contributed by atoms with van der Waals surface area (Å²) in [5, 5.41) is 0. The Kier molecular flexibility index (Phi) is 4.31. The summed E-state index contributed by atoms with van der Waals surface area (Å²) in [5.74, 6) is 1.12. The van der Waals surface area contributed by atoms with Gasteiger partial charge in [-0.3, -0.25) is 4.79 Å². The number of methoxy groups -OCH3 is 1. The highest BCUT2D eigenvalue weighted by molar-refractivity contribution is 5.95. The minimum Gasteiger partial charge on any atom is -0.481 e. The number of hydrogen-bond acceptors (Lipinski definition) is 7. The molecule has 8 heteroatoms.